The van der Waals surface area contributed by atoms with Gasteiger partial charge in [-0.05, 0) is 24.3 Å². The lowest BCUT2D eigenvalue weighted by molar-refractivity contribution is 0.137. The quantitative estimate of drug-likeness (QED) is 0.593. The summed E-state index contributed by atoms with van der Waals surface area (Å²) in [6.45, 7) is 1.11. The zero-order valence-corrected chi connectivity index (χ0v) is 16.2. The average molecular weight is 412 g/mol. The van der Waals surface area contributed by atoms with E-state index in [0.717, 1.165) is 17.5 Å². The van der Waals surface area contributed by atoms with Crippen molar-refractivity contribution in [2.45, 2.75) is 12.5 Å². The molecule has 0 N–H and O–H groups in total. The van der Waals surface area contributed by atoms with Crippen LogP contribution in [0.1, 0.15) is 12.1 Å². The molecule has 1 fully saturated rings. The molecular weight excluding hydrogens is 397 g/mol. The summed E-state index contributed by atoms with van der Waals surface area (Å²) >= 11 is 12.1. The molecule has 140 valence electrons. The second-order valence-electron chi connectivity index (χ2n) is 6.30. The Morgan fingerprint density at radius 3 is 2.00 bits per heavy atom. The Balaban J connectivity index is 1.86. The first-order chi connectivity index (χ1) is 13.6. The molecule has 0 saturated carbocycles. The van der Waals surface area contributed by atoms with Crippen LogP contribution in [0.2, 0.25) is 10.0 Å². The van der Waals surface area contributed by atoms with E-state index in [9.17, 15) is 5.26 Å². The Kier molecular flexibility index (Phi) is 5.45. The van der Waals surface area contributed by atoms with Gasteiger partial charge in [0, 0.05) is 27.6 Å². The van der Waals surface area contributed by atoms with Crippen LogP contribution in [0.25, 0.3) is 22.5 Å². The highest BCUT2D eigenvalue weighted by atomic mass is 35.5. The fourth-order valence-electron chi connectivity index (χ4n) is 2.96. The van der Waals surface area contributed by atoms with E-state index in [-0.39, 0.29) is 17.7 Å². The topological polar surface area (TPSA) is 68.0 Å². The van der Waals surface area contributed by atoms with Gasteiger partial charge in [-0.1, -0.05) is 47.5 Å². The molecule has 0 spiro atoms. The van der Waals surface area contributed by atoms with Crippen LogP contribution in [0.4, 0.5) is 0 Å². The number of hydrogen-bond donors (Lipinski definition) is 0. The second kappa shape index (κ2) is 8.15. The second-order valence-corrected chi connectivity index (χ2v) is 7.18. The molecule has 0 radical (unpaired) electrons. The van der Waals surface area contributed by atoms with E-state index in [2.05, 4.69) is 16.0 Å². The average Bonchev–Trinajstić information content (AvgIpc) is 3.22. The van der Waals surface area contributed by atoms with Crippen LogP contribution < -0.4 is 4.74 Å². The van der Waals surface area contributed by atoms with Crippen LogP contribution in [0.15, 0.2) is 48.5 Å². The first kappa shape index (κ1) is 18.7. The van der Waals surface area contributed by atoms with Crippen LogP contribution in [-0.2, 0) is 4.74 Å². The standard InChI is InChI=1S/C21H15Cl2N3O2/c22-15-5-1-13(2-6-15)19-20(14-3-7-16(23)8-4-14)26-21(18(11-24)25-19)28-17-9-10-27-12-17/h1-8,17H,9-10,12H2/t17-/m1/s1. The van der Waals surface area contributed by atoms with Crippen LogP contribution in [0, 0.1) is 11.3 Å². The van der Waals surface area contributed by atoms with Crippen molar-refractivity contribution in [1.29, 1.82) is 5.26 Å². The third kappa shape index (κ3) is 3.95. The van der Waals surface area contributed by atoms with Crippen molar-refractivity contribution in [2.24, 2.45) is 0 Å². The zero-order chi connectivity index (χ0) is 19.5. The fraction of sp³-hybridized carbons (Fsp3) is 0.190. The first-order valence-electron chi connectivity index (χ1n) is 8.72. The summed E-state index contributed by atoms with van der Waals surface area (Å²) in [4.78, 5) is 9.23. The molecule has 7 heteroatoms. The summed E-state index contributed by atoms with van der Waals surface area (Å²) < 4.78 is 11.3. The Hall–Kier alpha value is -2.65. The van der Waals surface area contributed by atoms with E-state index >= 15 is 0 Å². The number of aromatic nitrogens is 2. The van der Waals surface area contributed by atoms with Gasteiger partial charge in [-0.2, -0.15) is 5.26 Å². The summed E-state index contributed by atoms with van der Waals surface area (Å²) in [7, 11) is 0. The van der Waals surface area contributed by atoms with Crippen LogP contribution >= 0.6 is 23.2 Å². The largest absolute Gasteiger partial charge is 0.470 e. The smallest absolute Gasteiger partial charge is 0.252 e. The summed E-state index contributed by atoms with van der Waals surface area (Å²) in [6, 6.07) is 16.6. The first-order valence-corrected chi connectivity index (χ1v) is 9.48. The van der Waals surface area contributed by atoms with E-state index in [4.69, 9.17) is 32.7 Å². The number of benzene rings is 2. The minimum atomic E-state index is -0.138. The number of halogens is 2. The molecule has 1 aliphatic heterocycles. The Morgan fingerprint density at radius 1 is 0.929 bits per heavy atom. The van der Waals surface area contributed by atoms with E-state index in [1.54, 1.807) is 24.3 Å². The molecule has 4 rings (SSSR count). The van der Waals surface area contributed by atoms with E-state index < -0.39 is 0 Å². The maximum absolute atomic E-state index is 9.60. The molecule has 1 saturated heterocycles. The van der Waals surface area contributed by atoms with Crippen molar-refractivity contribution >= 4 is 23.2 Å². The number of hydrogen-bond acceptors (Lipinski definition) is 5. The molecule has 3 aromatic rings. The summed E-state index contributed by atoms with van der Waals surface area (Å²) in [5.41, 5.74) is 2.93. The molecule has 1 aromatic heterocycles. The van der Waals surface area contributed by atoms with E-state index in [1.807, 2.05) is 24.3 Å². The van der Waals surface area contributed by atoms with Gasteiger partial charge in [0.05, 0.1) is 18.9 Å². The SMILES string of the molecule is N#Cc1nc(-c2ccc(Cl)cc2)c(-c2ccc(Cl)cc2)nc1O[C@@H]1CCOC1. The molecule has 5 nitrogen and oxygen atoms in total. The molecule has 1 aliphatic rings. The maximum atomic E-state index is 9.60. The monoisotopic (exact) mass is 411 g/mol. The maximum Gasteiger partial charge on any atom is 0.252 e. The van der Waals surface area contributed by atoms with Gasteiger partial charge in [-0.3, -0.25) is 0 Å². The van der Waals surface area contributed by atoms with Crippen molar-refractivity contribution in [3.8, 4) is 34.5 Å². The minimum Gasteiger partial charge on any atom is -0.470 e. The van der Waals surface area contributed by atoms with Gasteiger partial charge >= 0.3 is 0 Å². The van der Waals surface area contributed by atoms with Gasteiger partial charge in [0.1, 0.15) is 17.9 Å². The lowest BCUT2D eigenvalue weighted by atomic mass is 10.0. The normalized spacial score (nSPS) is 16.0. The van der Waals surface area contributed by atoms with Gasteiger partial charge in [-0.25, -0.2) is 9.97 Å². The van der Waals surface area contributed by atoms with Crippen molar-refractivity contribution < 1.29 is 9.47 Å². The Morgan fingerprint density at radius 2 is 1.50 bits per heavy atom. The molecule has 0 bridgehead atoms. The third-order valence-electron chi connectivity index (χ3n) is 4.37. The lowest BCUT2D eigenvalue weighted by Gasteiger charge is -2.15. The predicted octanol–water partition coefficient (Wildman–Crippen LogP) is 5.16. The van der Waals surface area contributed by atoms with Crippen molar-refractivity contribution in [3.63, 3.8) is 0 Å². The Bertz CT molecular complexity index is 1030. The van der Waals surface area contributed by atoms with Crippen molar-refractivity contribution in [2.75, 3.05) is 13.2 Å². The number of nitrogens with zero attached hydrogens (tertiary/aromatic N) is 3. The van der Waals surface area contributed by atoms with Gasteiger partial charge in [0.2, 0.25) is 5.69 Å². The van der Waals surface area contributed by atoms with Crippen LogP contribution in [0.5, 0.6) is 5.88 Å². The molecule has 2 aromatic carbocycles. The summed E-state index contributed by atoms with van der Waals surface area (Å²) in [5.74, 6) is 0.209. The summed E-state index contributed by atoms with van der Waals surface area (Å²) in [6.07, 6.45) is 0.614. The molecule has 0 unspecified atom stereocenters. The highest BCUT2D eigenvalue weighted by Crippen LogP contribution is 2.33. The zero-order valence-electron chi connectivity index (χ0n) is 14.7. The lowest BCUT2D eigenvalue weighted by Crippen LogP contribution is -2.18. The van der Waals surface area contributed by atoms with Gasteiger partial charge in [-0.15, -0.1) is 0 Å². The minimum absolute atomic E-state index is 0.134. The third-order valence-corrected chi connectivity index (χ3v) is 4.88. The fourth-order valence-corrected chi connectivity index (χ4v) is 3.21. The molecule has 28 heavy (non-hydrogen) atoms. The van der Waals surface area contributed by atoms with Gasteiger partial charge < -0.3 is 9.47 Å². The van der Waals surface area contributed by atoms with Crippen molar-refractivity contribution in [3.05, 3.63) is 64.3 Å². The number of ether oxygens (including phenoxy) is 2. The van der Waals surface area contributed by atoms with Gasteiger partial charge in [0.15, 0.2) is 0 Å². The van der Waals surface area contributed by atoms with Crippen molar-refractivity contribution in [1.82, 2.24) is 9.97 Å². The molecule has 0 amide bonds. The predicted molar refractivity (Wildman–Crippen MR) is 107 cm³/mol. The molecule has 0 aliphatic carbocycles. The number of rotatable bonds is 4. The number of nitriles is 1. The highest BCUT2D eigenvalue weighted by molar-refractivity contribution is 6.31. The van der Waals surface area contributed by atoms with Crippen LogP contribution in [0.3, 0.4) is 0 Å². The van der Waals surface area contributed by atoms with E-state index in [0.29, 0.717) is 34.6 Å². The molecule has 2 heterocycles. The highest BCUT2D eigenvalue weighted by Gasteiger charge is 2.23. The van der Waals surface area contributed by atoms with Gasteiger partial charge in [0.25, 0.3) is 5.88 Å². The van der Waals surface area contributed by atoms with Crippen LogP contribution in [-0.4, -0.2) is 29.3 Å². The Labute approximate surface area is 172 Å². The molecular formula is C21H15Cl2N3O2. The molecule has 1 atom stereocenters. The summed E-state index contributed by atoms with van der Waals surface area (Å²) in [5, 5.41) is 10.8. The van der Waals surface area contributed by atoms with E-state index in [1.165, 1.54) is 0 Å².